The molecule has 5 nitrogen and oxygen atoms in total. The van der Waals surface area contributed by atoms with Gasteiger partial charge < -0.3 is 19.7 Å². The van der Waals surface area contributed by atoms with Gasteiger partial charge in [-0.15, -0.1) is 11.8 Å². The third-order valence-corrected chi connectivity index (χ3v) is 6.09. The summed E-state index contributed by atoms with van der Waals surface area (Å²) in [6, 6.07) is 16.9. The highest BCUT2D eigenvalue weighted by atomic mass is 32.2. The van der Waals surface area contributed by atoms with Crippen LogP contribution in [0, 0.1) is 0 Å². The highest BCUT2D eigenvalue weighted by molar-refractivity contribution is 7.99. The van der Waals surface area contributed by atoms with E-state index in [1.165, 1.54) is 10.6 Å². The molecule has 0 bridgehead atoms. The molecule has 1 N–H and O–H groups in total. The summed E-state index contributed by atoms with van der Waals surface area (Å²) in [7, 11) is 0. The first kappa shape index (κ1) is 22.5. The van der Waals surface area contributed by atoms with Gasteiger partial charge in [-0.1, -0.05) is 24.3 Å². The number of carbonyl (C=O) groups is 1. The Labute approximate surface area is 184 Å². The molecule has 1 aliphatic heterocycles. The molecular weight excluding hydrogens is 396 g/mol. The molecule has 0 aliphatic carbocycles. The molecule has 162 valence electrons. The number of ether oxygens (including phenoxy) is 2. The molecule has 0 saturated heterocycles. The van der Waals surface area contributed by atoms with E-state index in [2.05, 4.69) is 46.6 Å². The number of benzene rings is 2. The van der Waals surface area contributed by atoms with Crippen LogP contribution in [0.2, 0.25) is 0 Å². The minimum atomic E-state index is -0.542. The van der Waals surface area contributed by atoms with Crippen LogP contribution in [-0.4, -0.2) is 50.7 Å². The molecule has 0 aromatic heterocycles. The van der Waals surface area contributed by atoms with Crippen molar-refractivity contribution in [2.24, 2.45) is 0 Å². The van der Waals surface area contributed by atoms with E-state index in [4.69, 9.17) is 9.47 Å². The standard InChI is InChI=1S/C24H32N2O3S/c1-3-28-22(24(27)29-4-2)18-19-10-12-20(13-11-19)25-14-7-15-26-16-17-30-23-9-6-5-8-21(23)26/h5-6,8-13,22,25H,3-4,7,14-18H2,1-2H3. The number of esters is 1. The first-order chi connectivity index (χ1) is 14.7. The van der Waals surface area contributed by atoms with Gasteiger partial charge in [0.05, 0.1) is 12.3 Å². The molecule has 2 aromatic carbocycles. The molecule has 30 heavy (non-hydrogen) atoms. The quantitative estimate of drug-likeness (QED) is 0.417. The maximum absolute atomic E-state index is 12.0. The third-order valence-electron chi connectivity index (χ3n) is 5.05. The lowest BCUT2D eigenvalue weighted by molar-refractivity contribution is -0.156. The fourth-order valence-electron chi connectivity index (χ4n) is 3.58. The van der Waals surface area contributed by atoms with Crippen LogP contribution in [0.4, 0.5) is 11.4 Å². The predicted molar refractivity (Wildman–Crippen MR) is 125 cm³/mol. The molecule has 1 aliphatic rings. The van der Waals surface area contributed by atoms with Crippen LogP contribution in [0.5, 0.6) is 0 Å². The van der Waals surface area contributed by atoms with E-state index in [0.717, 1.165) is 43.1 Å². The number of hydrogen-bond donors (Lipinski definition) is 1. The van der Waals surface area contributed by atoms with Gasteiger partial charge >= 0.3 is 5.97 Å². The second kappa shape index (κ2) is 11.9. The summed E-state index contributed by atoms with van der Waals surface area (Å²) in [6.07, 6.45) is 1.06. The zero-order chi connectivity index (χ0) is 21.2. The SMILES string of the molecule is CCOC(=O)C(Cc1ccc(NCCCN2CCSc3ccccc32)cc1)OCC. The lowest BCUT2D eigenvalue weighted by Gasteiger charge is -2.30. The molecule has 0 fully saturated rings. The Morgan fingerprint density at radius 1 is 1.13 bits per heavy atom. The zero-order valence-electron chi connectivity index (χ0n) is 17.9. The molecular formula is C24H32N2O3S. The van der Waals surface area contributed by atoms with Crippen LogP contribution in [0.3, 0.4) is 0 Å². The second-order valence-electron chi connectivity index (χ2n) is 7.18. The van der Waals surface area contributed by atoms with Crippen molar-refractivity contribution >= 4 is 29.1 Å². The Morgan fingerprint density at radius 3 is 2.70 bits per heavy atom. The lowest BCUT2D eigenvalue weighted by atomic mass is 10.1. The molecule has 0 spiro atoms. The normalized spacial score (nSPS) is 14.1. The Bertz CT molecular complexity index is 797. The zero-order valence-corrected chi connectivity index (χ0v) is 18.7. The minimum Gasteiger partial charge on any atom is -0.464 e. The van der Waals surface area contributed by atoms with Crippen molar-refractivity contribution in [3.8, 4) is 0 Å². The Morgan fingerprint density at radius 2 is 1.93 bits per heavy atom. The van der Waals surface area contributed by atoms with Gasteiger partial charge in [0, 0.05) is 49.0 Å². The van der Waals surface area contributed by atoms with Crippen LogP contribution < -0.4 is 10.2 Å². The maximum Gasteiger partial charge on any atom is 0.335 e. The number of thioether (sulfide) groups is 1. The molecule has 1 heterocycles. The monoisotopic (exact) mass is 428 g/mol. The molecule has 0 saturated carbocycles. The van der Waals surface area contributed by atoms with Crippen LogP contribution in [0.1, 0.15) is 25.8 Å². The fourth-order valence-corrected chi connectivity index (χ4v) is 4.63. The Kier molecular flexibility index (Phi) is 8.90. The molecule has 1 atom stereocenters. The smallest absolute Gasteiger partial charge is 0.335 e. The average molecular weight is 429 g/mol. The summed E-state index contributed by atoms with van der Waals surface area (Å²) < 4.78 is 10.7. The van der Waals surface area contributed by atoms with Crippen LogP contribution in [0.15, 0.2) is 53.4 Å². The van der Waals surface area contributed by atoms with E-state index in [1.807, 2.05) is 37.7 Å². The predicted octanol–water partition coefficient (Wildman–Crippen LogP) is 4.61. The van der Waals surface area contributed by atoms with Gasteiger partial charge in [-0.25, -0.2) is 4.79 Å². The number of fused-ring (bicyclic) bond motifs is 1. The summed E-state index contributed by atoms with van der Waals surface area (Å²) >= 11 is 1.95. The average Bonchev–Trinajstić information content (AvgIpc) is 2.77. The molecule has 0 radical (unpaired) electrons. The second-order valence-corrected chi connectivity index (χ2v) is 8.32. The van der Waals surface area contributed by atoms with Gasteiger partial charge in [-0.05, 0) is 50.1 Å². The lowest BCUT2D eigenvalue weighted by Crippen LogP contribution is -2.31. The van der Waals surface area contributed by atoms with Gasteiger partial charge in [0.1, 0.15) is 0 Å². The minimum absolute atomic E-state index is 0.292. The summed E-state index contributed by atoms with van der Waals surface area (Å²) in [5.74, 6) is 0.861. The van der Waals surface area contributed by atoms with Crippen molar-refractivity contribution in [2.45, 2.75) is 37.7 Å². The molecule has 6 heteroatoms. The van der Waals surface area contributed by atoms with E-state index in [-0.39, 0.29) is 5.97 Å². The van der Waals surface area contributed by atoms with Crippen molar-refractivity contribution < 1.29 is 14.3 Å². The molecule has 1 unspecified atom stereocenters. The molecule has 0 amide bonds. The van der Waals surface area contributed by atoms with Crippen molar-refractivity contribution in [3.63, 3.8) is 0 Å². The summed E-state index contributed by atoms with van der Waals surface area (Å²) in [6.45, 7) is 7.65. The van der Waals surface area contributed by atoms with E-state index in [0.29, 0.717) is 19.6 Å². The Balaban J connectivity index is 1.44. The van der Waals surface area contributed by atoms with E-state index in [1.54, 1.807) is 0 Å². The van der Waals surface area contributed by atoms with E-state index in [9.17, 15) is 4.79 Å². The van der Waals surface area contributed by atoms with Gasteiger partial charge in [0.25, 0.3) is 0 Å². The van der Waals surface area contributed by atoms with Gasteiger partial charge in [0.2, 0.25) is 0 Å². The molecule has 2 aromatic rings. The van der Waals surface area contributed by atoms with E-state index >= 15 is 0 Å². The van der Waals surface area contributed by atoms with Crippen molar-refractivity contribution in [3.05, 3.63) is 54.1 Å². The number of hydrogen-bond acceptors (Lipinski definition) is 6. The highest BCUT2D eigenvalue weighted by Crippen LogP contribution is 2.34. The highest BCUT2D eigenvalue weighted by Gasteiger charge is 2.20. The number of para-hydroxylation sites is 1. The van der Waals surface area contributed by atoms with Crippen LogP contribution >= 0.6 is 11.8 Å². The number of anilines is 2. The van der Waals surface area contributed by atoms with Crippen molar-refractivity contribution in [2.75, 3.05) is 48.8 Å². The Hall–Kier alpha value is -2.18. The first-order valence-electron chi connectivity index (χ1n) is 10.8. The van der Waals surface area contributed by atoms with Crippen molar-refractivity contribution in [1.82, 2.24) is 0 Å². The number of nitrogens with zero attached hydrogens (tertiary/aromatic N) is 1. The number of rotatable bonds is 11. The topological polar surface area (TPSA) is 50.8 Å². The van der Waals surface area contributed by atoms with Gasteiger partial charge in [-0.3, -0.25) is 0 Å². The fraction of sp³-hybridized carbons (Fsp3) is 0.458. The van der Waals surface area contributed by atoms with Gasteiger partial charge in [-0.2, -0.15) is 0 Å². The van der Waals surface area contributed by atoms with E-state index < -0.39 is 6.10 Å². The first-order valence-corrected chi connectivity index (χ1v) is 11.8. The summed E-state index contributed by atoms with van der Waals surface area (Å²) in [4.78, 5) is 15.9. The third kappa shape index (κ3) is 6.41. The molecule has 3 rings (SSSR count). The van der Waals surface area contributed by atoms with Crippen molar-refractivity contribution in [1.29, 1.82) is 0 Å². The van der Waals surface area contributed by atoms with Gasteiger partial charge in [0.15, 0.2) is 6.10 Å². The maximum atomic E-state index is 12.0. The summed E-state index contributed by atoms with van der Waals surface area (Å²) in [5, 5.41) is 3.50. The van der Waals surface area contributed by atoms with Crippen LogP contribution in [0.25, 0.3) is 0 Å². The number of carbonyl (C=O) groups excluding carboxylic acids is 1. The van der Waals surface area contributed by atoms with Crippen LogP contribution in [-0.2, 0) is 20.7 Å². The summed E-state index contributed by atoms with van der Waals surface area (Å²) in [5.41, 5.74) is 3.52. The number of nitrogens with one attached hydrogen (secondary N) is 1. The largest absolute Gasteiger partial charge is 0.464 e.